The molecule has 4 nitrogen and oxygen atoms in total. The summed E-state index contributed by atoms with van der Waals surface area (Å²) in [7, 11) is 2.01. The summed E-state index contributed by atoms with van der Waals surface area (Å²) < 4.78 is 1.94. The predicted octanol–water partition coefficient (Wildman–Crippen LogP) is 3.46. The lowest BCUT2D eigenvalue weighted by Gasteiger charge is -2.34. The van der Waals surface area contributed by atoms with Gasteiger partial charge in [0.15, 0.2) is 0 Å². The number of hydrogen-bond acceptors (Lipinski definition) is 3. The van der Waals surface area contributed by atoms with Crippen molar-refractivity contribution < 1.29 is 0 Å². The zero-order chi connectivity index (χ0) is 14.4. The third kappa shape index (κ3) is 3.81. The van der Waals surface area contributed by atoms with E-state index in [4.69, 9.17) is 0 Å². The van der Waals surface area contributed by atoms with Crippen molar-refractivity contribution in [1.29, 1.82) is 0 Å². The van der Waals surface area contributed by atoms with E-state index in [1.54, 1.807) is 0 Å². The molecule has 0 radical (unpaired) electrons. The number of aromatic nitrogens is 3. The molecule has 0 bridgehead atoms. The van der Waals surface area contributed by atoms with Crippen LogP contribution < -0.4 is 5.32 Å². The SMILES string of the molecule is CCCNC(c1cnnn1C)C1CCC(CCC)CC1. The number of aryl methyl sites for hydroxylation is 1. The van der Waals surface area contributed by atoms with Crippen LogP contribution in [0, 0.1) is 11.8 Å². The smallest absolute Gasteiger partial charge is 0.0756 e. The molecule has 1 aromatic rings. The quantitative estimate of drug-likeness (QED) is 0.830. The largest absolute Gasteiger partial charge is 0.308 e. The Labute approximate surface area is 123 Å². The highest BCUT2D eigenvalue weighted by molar-refractivity contribution is 5.04. The van der Waals surface area contributed by atoms with Gasteiger partial charge in [0.1, 0.15) is 0 Å². The molecule has 4 heteroatoms. The van der Waals surface area contributed by atoms with E-state index in [0.717, 1.165) is 18.4 Å². The summed E-state index contributed by atoms with van der Waals surface area (Å²) in [5.74, 6) is 1.71. The molecule has 1 aromatic heterocycles. The first-order valence-corrected chi connectivity index (χ1v) is 8.34. The van der Waals surface area contributed by atoms with Gasteiger partial charge in [0.25, 0.3) is 0 Å². The Kier molecular flexibility index (Phi) is 6.02. The van der Waals surface area contributed by atoms with Crippen LogP contribution in [0.2, 0.25) is 0 Å². The van der Waals surface area contributed by atoms with Gasteiger partial charge in [-0.3, -0.25) is 4.68 Å². The third-order valence-electron chi connectivity index (χ3n) is 4.74. The maximum atomic E-state index is 4.11. The van der Waals surface area contributed by atoms with Crippen LogP contribution in [-0.2, 0) is 7.05 Å². The van der Waals surface area contributed by atoms with Crippen LogP contribution in [0.25, 0.3) is 0 Å². The third-order valence-corrected chi connectivity index (χ3v) is 4.74. The van der Waals surface area contributed by atoms with E-state index in [1.165, 1.54) is 50.6 Å². The maximum absolute atomic E-state index is 4.11. The van der Waals surface area contributed by atoms with Gasteiger partial charge in [-0.15, -0.1) is 5.10 Å². The first-order valence-electron chi connectivity index (χ1n) is 8.34. The van der Waals surface area contributed by atoms with Crippen molar-refractivity contribution in [1.82, 2.24) is 20.3 Å². The van der Waals surface area contributed by atoms with E-state index in [-0.39, 0.29) is 0 Å². The summed E-state index contributed by atoms with van der Waals surface area (Å²) in [4.78, 5) is 0. The number of hydrogen-bond donors (Lipinski definition) is 1. The van der Waals surface area contributed by atoms with Crippen molar-refractivity contribution in [2.24, 2.45) is 18.9 Å². The summed E-state index contributed by atoms with van der Waals surface area (Å²) in [6, 6.07) is 0.428. The van der Waals surface area contributed by atoms with Gasteiger partial charge in [0.2, 0.25) is 0 Å². The van der Waals surface area contributed by atoms with Gasteiger partial charge in [-0.25, -0.2) is 0 Å². The molecule has 20 heavy (non-hydrogen) atoms. The van der Waals surface area contributed by atoms with Gasteiger partial charge in [0, 0.05) is 7.05 Å². The Bertz CT molecular complexity index is 380. The summed E-state index contributed by atoms with van der Waals surface area (Å²) in [5.41, 5.74) is 1.25. The Balaban J connectivity index is 1.99. The number of nitrogens with one attached hydrogen (secondary N) is 1. The summed E-state index contributed by atoms with van der Waals surface area (Å²) in [6.45, 7) is 5.60. The van der Waals surface area contributed by atoms with E-state index in [0.29, 0.717) is 6.04 Å². The molecule has 1 saturated carbocycles. The second kappa shape index (κ2) is 7.77. The minimum atomic E-state index is 0.428. The molecule has 0 amide bonds. The molecule has 0 saturated heterocycles. The summed E-state index contributed by atoms with van der Waals surface area (Å²) in [6.07, 6.45) is 11.3. The van der Waals surface area contributed by atoms with Gasteiger partial charge >= 0.3 is 0 Å². The molecular formula is C16H30N4. The van der Waals surface area contributed by atoms with Gasteiger partial charge in [0.05, 0.1) is 17.9 Å². The fourth-order valence-corrected chi connectivity index (χ4v) is 3.61. The lowest BCUT2D eigenvalue weighted by atomic mass is 9.76. The maximum Gasteiger partial charge on any atom is 0.0756 e. The van der Waals surface area contributed by atoms with Gasteiger partial charge in [-0.05, 0) is 37.6 Å². The molecule has 1 N–H and O–H groups in total. The first kappa shape index (κ1) is 15.5. The molecule has 1 unspecified atom stereocenters. The molecule has 1 fully saturated rings. The van der Waals surface area contributed by atoms with Gasteiger partial charge < -0.3 is 5.32 Å². The highest BCUT2D eigenvalue weighted by atomic mass is 15.4. The molecule has 1 aliphatic carbocycles. The average Bonchev–Trinajstić information content (AvgIpc) is 2.88. The number of nitrogens with zero attached hydrogens (tertiary/aromatic N) is 3. The van der Waals surface area contributed by atoms with Gasteiger partial charge in [-0.1, -0.05) is 44.7 Å². The van der Waals surface area contributed by atoms with Crippen LogP contribution in [0.3, 0.4) is 0 Å². The van der Waals surface area contributed by atoms with Crippen LogP contribution in [0.4, 0.5) is 0 Å². The van der Waals surface area contributed by atoms with Crippen molar-refractivity contribution in [3.05, 3.63) is 11.9 Å². The highest BCUT2D eigenvalue weighted by Gasteiger charge is 2.29. The second-order valence-electron chi connectivity index (χ2n) is 6.28. The van der Waals surface area contributed by atoms with Crippen LogP contribution in [0.15, 0.2) is 6.20 Å². The fourth-order valence-electron chi connectivity index (χ4n) is 3.61. The minimum Gasteiger partial charge on any atom is -0.308 e. The normalized spacial score (nSPS) is 24.8. The van der Waals surface area contributed by atoms with Crippen LogP contribution in [0.5, 0.6) is 0 Å². The van der Waals surface area contributed by atoms with Crippen molar-refractivity contribution in [3.8, 4) is 0 Å². The Morgan fingerprint density at radius 1 is 1.25 bits per heavy atom. The molecular weight excluding hydrogens is 248 g/mol. The molecule has 1 atom stereocenters. The Hall–Kier alpha value is -0.900. The lowest BCUT2D eigenvalue weighted by molar-refractivity contribution is 0.209. The van der Waals surface area contributed by atoms with E-state index < -0.39 is 0 Å². The predicted molar refractivity (Wildman–Crippen MR) is 82.4 cm³/mol. The Morgan fingerprint density at radius 3 is 2.55 bits per heavy atom. The summed E-state index contributed by atoms with van der Waals surface area (Å²) >= 11 is 0. The van der Waals surface area contributed by atoms with Crippen molar-refractivity contribution in [2.45, 2.75) is 64.8 Å². The van der Waals surface area contributed by atoms with Crippen LogP contribution >= 0.6 is 0 Å². The average molecular weight is 278 g/mol. The minimum absolute atomic E-state index is 0.428. The monoisotopic (exact) mass is 278 g/mol. The van der Waals surface area contributed by atoms with E-state index >= 15 is 0 Å². The molecule has 0 aromatic carbocycles. The standard InChI is InChI=1S/C16H30N4/c1-4-6-13-7-9-14(10-8-13)16(17-11-5-2)15-12-18-19-20(15)3/h12-14,16-17H,4-11H2,1-3H3. The van der Waals surface area contributed by atoms with Gasteiger partial charge in [-0.2, -0.15) is 0 Å². The first-order chi connectivity index (χ1) is 9.76. The second-order valence-corrected chi connectivity index (χ2v) is 6.28. The Morgan fingerprint density at radius 2 is 2.00 bits per heavy atom. The molecule has 1 aliphatic rings. The van der Waals surface area contributed by atoms with E-state index in [2.05, 4.69) is 29.5 Å². The molecule has 0 aliphatic heterocycles. The van der Waals surface area contributed by atoms with Crippen molar-refractivity contribution >= 4 is 0 Å². The van der Waals surface area contributed by atoms with Crippen molar-refractivity contribution in [2.75, 3.05) is 6.54 Å². The van der Waals surface area contributed by atoms with Crippen LogP contribution in [-0.4, -0.2) is 21.5 Å². The van der Waals surface area contributed by atoms with Crippen molar-refractivity contribution in [3.63, 3.8) is 0 Å². The number of rotatable bonds is 7. The molecule has 1 heterocycles. The topological polar surface area (TPSA) is 42.7 Å². The molecule has 114 valence electrons. The zero-order valence-electron chi connectivity index (χ0n) is 13.3. The summed E-state index contributed by atoms with van der Waals surface area (Å²) in [5, 5.41) is 11.9. The molecule has 2 rings (SSSR count). The zero-order valence-corrected chi connectivity index (χ0v) is 13.3. The highest BCUT2D eigenvalue weighted by Crippen LogP contribution is 2.38. The van der Waals surface area contributed by atoms with E-state index in [9.17, 15) is 0 Å². The van der Waals surface area contributed by atoms with E-state index in [1.807, 2.05) is 17.9 Å². The molecule has 0 spiro atoms. The van der Waals surface area contributed by atoms with Crippen LogP contribution in [0.1, 0.15) is 70.5 Å². The lowest BCUT2D eigenvalue weighted by Crippen LogP contribution is -2.33. The fraction of sp³-hybridized carbons (Fsp3) is 0.875.